The first-order valence-corrected chi connectivity index (χ1v) is 14.6. The number of para-hydroxylation sites is 1. The fourth-order valence-corrected chi connectivity index (χ4v) is 6.32. The largest absolute Gasteiger partial charge is 0.468 e. The summed E-state index contributed by atoms with van der Waals surface area (Å²) in [5.74, 6) is 0.249. The van der Waals surface area contributed by atoms with Crippen LogP contribution in [0.2, 0.25) is 5.02 Å². The number of esters is 1. The number of nitrogens with one attached hydrogen (secondary N) is 2. The number of aromatic nitrogens is 2. The average molecular weight is 567 g/mol. The zero-order valence-electron chi connectivity index (χ0n) is 23.7. The summed E-state index contributed by atoms with van der Waals surface area (Å²) >= 11 is 6.18. The summed E-state index contributed by atoms with van der Waals surface area (Å²) in [7, 11) is 1.49. The lowest BCUT2D eigenvalue weighted by molar-refractivity contribution is -0.148. The van der Waals surface area contributed by atoms with Gasteiger partial charge in [-0.2, -0.15) is 0 Å². The lowest BCUT2D eigenvalue weighted by atomic mass is 9.87. The van der Waals surface area contributed by atoms with Crippen LogP contribution in [0.1, 0.15) is 54.6 Å². The van der Waals surface area contributed by atoms with E-state index in [1.165, 1.54) is 29.2 Å². The van der Waals surface area contributed by atoms with Crippen LogP contribution in [0.25, 0.3) is 21.8 Å². The first-order valence-electron chi connectivity index (χ1n) is 14.3. The van der Waals surface area contributed by atoms with E-state index in [0.29, 0.717) is 23.9 Å². The van der Waals surface area contributed by atoms with Crippen molar-refractivity contribution in [3.05, 3.63) is 106 Å². The number of ether oxygens (including phenoxy) is 1. The van der Waals surface area contributed by atoms with Crippen molar-refractivity contribution in [3.63, 3.8) is 0 Å². The number of carbonyl (C=O) groups is 1. The fraction of sp³-hybridized carbons (Fsp3) is 0.294. The molecule has 0 amide bonds. The third-order valence-electron chi connectivity index (χ3n) is 8.25. The second-order valence-corrected chi connectivity index (χ2v) is 11.5. The van der Waals surface area contributed by atoms with Gasteiger partial charge >= 0.3 is 5.97 Å². The summed E-state index contributed by atoms with van der Waals surface area (Å²) in [5.41, 5.74) is 7.80. The van der Waals surface area contributed by atoms with Crippen molar-refractivity contribution in [2.45, 2.75) is 44.7 Å². The minimum absolute atomic E-state index is 0.0969. The van der Waals surface area contributed by atoms with Gasteiger partial charge < -0.3 is 15.0 Å². The van der Waals surface area contributed by atoms with Crippen molar-refractivity contribution in [2.75, 3.05) is 25.5 Å². The summed E-state index contributed by atoms with van der Waals surface area (Å²) in [6.07, 6.45) is 3.24. The van der Waals surface area contributed by atoms with E-state index in [1.807, 2.05) is 24.3 Å². The molecule has 0 aliphatic carbocycles. The van der Waals surface area contributed by atoms with Gasteiger partial charge in [-0.25, -0.2) is 0 Å². The van der Waals surface area contributed by atoms with E-state index >= 15 is 0 Å². The number of anilines is 1. The molecular weight excluding hydrogens is 532 g/mol. The maximum absolute atomic E-state index is 13.3. The summed E-state index contributed by atoms with van der Waals surface area (Å²) in [4.78, 5) is 23.8. The molecule has 3 aromatic carbocycles. The third-order valence-corrected chi connectivity index (χ3v) is 8.49. The Bertz CT molecular complexity index is 1690. The predicted octanol–water partition coefficient (Wildman–Crippen LogP) is 7.48. The number of H-pyrrole nitrogens is 1. The maximum atomic E-state index is 13.3. The van der Waals surface area contributed by atoms with Crippen molar-refractivity contribution in [1.82, 2.24) is 14.9 Å². The minimum atomic E-state index is -0.384. The van der Waals surface area contributed by atoms with E-state index in [0.717, 1.165) is 40.8 Å². The van der Waals surface area contributed by atoms with E-state index < -0.39 is 0 Å². The highest BCUT2D eigenvalue weighted by Crippen LogP contribution is 2.41. The van der Waals surface area contributed by atoms with Gasteiger partial charge in [-0.3, -0.25) is 14.7 Å². The molecule has 1 aliphatic heterocycles. The van der Waals surface area contributed by atoms with Gasteiger partial charge in [0.1, 0.15) is 6.04 Å². The Morgan fingerprint density at radius 2 is 1.90 bits per heavy atom. The summed E-state index contributed by atoms with van der Waals surface area (Å²) in [6.45, 7) is 5.87. The molecule has 0 saturated heterocycles. The molecule has 5 aromatic rings. The molecule has 3 heterocycles. The summed E-state index contributed by atoms with van der Waals surface area (Å²) < 4.78 is 5.37. The first kappa shape index (κ1) is 27.3. The number of halogens is 1. The van der Waals surface area contributed by atoms with Crippen molar-refractivity contribution in [2.24, 2.45) is 0 Å². The van der Waals surface area contributed by atoms with E-state index in [-0.39, 0.29) is 18.1 Å². The van der Waals surface area contributed by atoms with Crippen molar-refractivity contribution >= 4 is 45.1 Å². The van der Waals surface area contributed by atoms with Crippen LogP contribution in [0.3, 0.4) is 0 Å². The number of methoxy groups -OCH3 is 1. The lowest BCUT2D eigenvalue weighted by Crippen LogP contribution is -2.49. The van der Waals surface area contributed by atoms with E-state index in [9.17, 15) is 4.79 Å². The molecule has 210 valence electrons. The van der Waals surface area contributed by atoms with Crippen LogP contribution in [-0.2, 0) is 16.0 Å². The van der Waals surface area contributed by atoms with E-state index in [1.54, 1.807) is 6.20 Å². The highest BCUT2D eigenvalue weighted by atomic mass is 35.5. The number of benzene rings is 3. The average Bonchev–Trinajstić information content (AvgIpc) is 3.36. The first-order chi connectivity index (χ1) is 19.9. The highest BCUT2D eigenvalue weighted by Gasteiger charge is 2.41. The standard InChI is InChI=1S/C34H35ClN4O2/c1-21(2)22-9-11-23(12-10-22)33-32-27(25-7-4-5-8-29(25)38-32)20-31(34(40)41-3)39(33)18-6-16-36-28-15-17-37-30-19-24(35)13-14-26(28)30/h4-5,7-15,17,19,21,31,33,38H,6,16,18,20H2,1-3H3,(H,36,37)/t31-,33+/m1/s1. The molecule has 6 nitrogen and oxygen atoms in total. The molecule has 2 N–H and O–H groups in total. The number of nitrogens with zero attached hydrogens (tertiary/aromatic N) is 2. The normalized spacial score (nSPS) is 17.2. The summed E-state index contributed by atoms with van der Waals surface area (Å²) in [6, 6.07) is 24.5. The van der Waals surface area contributed by atoms with Crippen molar-refractivity contribution in [3.8, 4) is 0 Å². The molecule has 6 rings (SSSR count). The smallest absolute Gasteiger partial charge is 0.323 e. The molecule has 0 unspecified atom stereocenters. The third kappa shape index (κ3) is 5.30. The second kappa shape index (κ2) is 11.6. The Morgan fingerprint density at radius 3 is 2.68 bits per heavy atom. The van der Waals surface area contributed by atoms with Gasteiger partial charge in [-0.15, -0.1) is 0 Å². The quantitative estimate of drug-likeness (QED) is 0.150. The Balaban J connectivity index is 1.32. The fourth-order valence-electron chi connectivity index (χ4n) is 6.15. The predicted molar refractivity (Wildman–Crippen MR) is 167 cm³/mol. The SMILES string of the molecule is COC(=O)[C@H]1Cc2c([nH]c3ccccc23)[C@H](c2ccc(C(C)C)cc2)N1CCCNc1ccnc2cc(Cl)ccc12. The molecule has 41 heavy (non-hydrogen) atoms. The number of aromatic amines is 1. The van der Waals surface area contributed by atoms with Crippen LogP contribution in [0.4, 0.5) is 5.69 Å². The van der Waals surface area contributed by atoms with Gasteiger partial charge in [0.05, 0.1) is 18.7 Å². The number of hydrogen-bond donors (Lipinski definition) is 2. The van der Waals surface area contributed by atoms with Gasteiger partial charge in [0.2, 0.25) is 0 Å². The number of hydrogen-bond acceptors (Lipinski definition) is 5. The molecule has 2 atom stereocenters. The van der Waals surface area contributed by atoms with E-state index in [4.69, 9.17) is 16.3 Å². The second-order valence-electron chi connectivity index (χ2n) is 11.1. The Hall–Kier alpha value is -3.87. The molecular formula is C34H35ClN4O2. The molecule has 0 bridgehead atoms. The van der Waals surface area contributed by atoms with Gasteiger partial charge in [0, 0.05) is 58.4 Å². The molecule has 0 spiro atoms. The molecule has 0 radical (unpaired) electrons. The monoisotopic (exact) mass is 566 g/mol. The highest BCUT2D eigenvalue weighted by molar-refractivity contribution is 6.31. The van der Waals surface area contributed by atoms with Gasteiger partial charge in [0.15, 0.2) is 0 Å². The topological polar surface area (TPSA) is 70.2 Å². The van der Waals surface area contributed by atoms with E-state index in [2.05, 4.69) is 82.6 Å². The molecule has 2 aromatic heterocycles. The number of rotatable bonds is 8. The Labute approximate surface area is 245 Å². The molecule has 1 aliphatic rings. The number of pyridine rings is 1. The van der Waals surface area contributed by atoms with Crippen LogP contribution in [0, 0.1) is 0 Å². The Kier molecular flexibility index (Phi) is 7.69. The molecule has 7 heteroatoms. The molecule has 0 saturated carbocycles. The van der Waals surface area contributed by atoms with Gasteiger partial charge in [-0.05, 0) is 59.4 Å². The molecule has 0 fully saturated rings. The maximum Gasteiger partial charge on any atom is 0.323 e. The minimum Gasteiger partial charge on any atom is -0.468 e. The van der Waals surface area contributed by atoms with Gasteiger partial charge in [-0.1, -0.05) is 67.9 Å². The number of fused-ring (bicyclic) bond motifs is 4. The number of carbonyl (C=O) groups excluding carboxylic acids is 1. The zero-order valence-corrected chi connectivity index (χ0v) is 24.4. The van der Waals surface area contributed by atoms with Crippen LogP contribution in [-0.4, -0.2) is 47.1 Å². The zero-order chi connectivity index (χ0) is 28.5. The van der Waals surface area contributed by atoms with Crippen molar-refractivity contribution in [1.29, 1.82) is 0 Å². The van der Waals surface area contributed by atoms with Crippen LogP contribution in [0.15, 0.2) is 79.0 Å². The van der Waals surface area contributed by atoms with Crippen molar-refractivity contribution < 1.29 is 9.53 Å². The summed E-state index contributed by atoms with van der Waals surface area (Å²) in [5, 5.41) is 6.47. The Morgan fingerprint density at radius 1 is 1.10 bits per heavy atom. The van der Waals surface area contributed by atoms with Gasteiger partial charge in [0.25, 0.3) is 0 Å². The lowest BCUT2D eigenvalue weighted by Gasteiger charge is -2.41. The van der Waals surface area contributed by atoms with Crippen LogP contribution in [0.5, 0.6) is 0 Å². The van der Waals surface area contributed by atoms with Crippen LogP contribution >= 0.6 is 11.6 Å². The van der Waals surface area contributed by atoms with Crippen LogP contribution < -0.4 is 5.32 Å².